The molecule has 6 nitrogen and oxygen atoms in total. The first-order valence-corrected chi connectivity index (χ1v) is 13.2. The topological polar surface area (TPSA) is 54.6 Å². The van der Waals surface area contributed by atoms with Crippen molar-refractivity contribution in [3.63, 3.8) is 0 Å². The summed E-state index contributed by atoms with van der Waals surface area (Å²) in [5.41, 5.74) is 0. The van der Waals surface area contributed by atoms with Crippen LogP contribution in [0.4, 0.5) is 0 Å². The summed E-state index contributed by atoms with van der Waals surface area (Å²) in [4.78, 5) is 5.07. The van der Waals surface area contributed by atoms with E-state index in [9.17, 15) is 0 Å². The van der Waals surface area contributed by atoms with Crippen LogP contribution < -0.4 is 21.3 Å². The van der Waals surface area contributed by atoms with Gasteiger partial charge in [0.15, 0.2) is 0 Å². The lowest BCUT2D eigenvalue weighted by Crippen LogP contribution is -2.42. The largest absolute Gasteiger partial charge is 0.317 e. The fourth-order valence-corrected chi connectivity index (χ4v) is 4.54. The van der Waals surface area contributed by atoms with Gasteiger partial charge in [-0.2, -0.15) is 0 Å². The molecule has 0 amide bonds. The summed E-state index contributed by atoms with van der Waals surface area (Å²) < 4.78 is 0. The minimum atomic E-state index is 1.09. The summed E-state index contributed by atoms with van der Waals surface area (Å²) in [6, 6.07) is 0. The van der Waals surface area contributed by atoms with Crippen molar-refractivity contribution in [3.8, 4) is 0 Å². The fraction of sp³-hybridized carbons (Fsp3) is 1.00. The van der Waals surface area contributed by atoms with E-state index >= 15 is 0 Å². The molecule has 0 atom stereocenters. The van der Waals surface area contributed by atoms with Crippen molar-refractivity contribution in [2.45, 2.75) is 77.0 Å². The van der Waals surface area contributed by atoms with E-state index in [0.717, 1.165) is 13.3 Å². The maximum absolute atomic E-state index is 3.62. The minimum Gasteiger partial charge on any atom is -0.317 e. The molecule has 6 heteroatoms. The monoisotopic (exact) mass is 424 g/mol. The first-order chi connectivity index (χ1) is 14.9. The number of nitrogens with zero attached hydrogens (tertiary/aromatic N) is 2. The zero-order valence-corrected chi connectivity index (χ0v) is 19.9. The molecule has 2 heterocycles. The van der Waals surface area contributed by atoms with E-state index in [0.29, 0.717) is 0 Å². The van der Waals surface area contributed by atoms with Crippen molar-refractivity contribution in [1.29, 1.82) is 0 Å². The molecule has 2 saturated heterocycles. The van der Waals surface area contributed by atoms with E-state index in [4.69, 9.17) is 0 Å². The average molecular weight is 425 g/mol. The molecular weight excluding hydrogens is 372 g/mol. The Hall–Kier alpha value is -0.240. The Morgan fingerprint density at radius 1 is 0.500 bits per heavy atom. The van der Waals surface area contributed by atoms with Crippen LogP contribution in [0.25, 0.3) is 0 Å². The van der Waals surface area contributed by atoms with E-state index in [1.165, 1.54) is 142 Å². The van der Waals surface area contributed by atoms with Crippen LogP contribution in [-0.2, 0) is 0 Å². The number of rotatable bonds is 19. The maximum atomic E-state index is 3.62. The smallest absolute Gasteiger partial charge is 0.0480 e. The van der Waals surface area contributed by atoms with Crippen LogP contribution in [0.3, 0.4) is 0 Å². The zero-order valence-electron chi connectivity index (χ0n) is 19.9. The van der Waals surface area contributed by atoms with E-state index in [1.807, 2.05) is 0 Å². The van der Waals surface area contributed by atoms with Gasteiger partial charge in [-0.1, -0.05) is 38.5 Å². The summed E-state index contributed by atoms with van der Waals surface area (Å²) in [7, 11) is 0. The highest BCUT2D eigenvalue weighted by Gasteiger charge is 2.08. The third-order valence-electron chi connectivity index (χ3n) is 6.44. The Balaban J connectivity index is 1.18. The number of hydrogen-bond donors (Lipinski definition) is 4. The van der Waals surface area contributed by atoms with Crippen LogP contribution in [0.1, 0.15) is 77.0 Å². The Morgan fingerprint density at radius 2 is 0.900 bits per heavy atom. The maximum Gasteiger partial charge on any atom is 0.0480 e. The highest BCUT2D eigenvalue weighted by atomic mass is 15.2. The SMILES string of the molecule is C(CCCCCNCCCN1CCCNC1)CCCCNCCCN1CCCNC1. The molecule has 0 aromatic carbocycles. The molecule has 0 aromatic heterocycles. The summed E-state index contributed by atoms with van der Waals surface area (Å²) >= 11 is 0. The molecule has 0 saturated carbocycles. The van der Waals surface area contributed by atoms with Gasteiger partial charge in [0.2, 0.25) is 0 Å². The van der Waals surface area contributed by atoms with Gasteiger partial charge in [0, 0.05) is 39.5 Å². The first kappa shape index (κ1) is 26.0. The van der Waals surface area contributed by atoms with E-state index < -0.39 is 0 Å². The van der Waals surface area contributed by atoms with Crippen LogP contribution in [0.5, 0.6) is 0 Å². The molecule has 30 heavy (non-hydrogen) atoms. The third kappa shape index (κ3) is 14.7. The molecule has 0 radical (unpaired) electrons. The summed E-state index contributed by atoms with van der Waals surface area (Å²) in [6.07, 6.45) is 16.4. The van der Waals surface area contributed by atoms with Crippen molar-refractivity contribution >= 4 is 0 Å². The Kier molecular flexibility index (Phi) is 16.9. The number of nitrogens with one attached hydrogen (secondary N) is 4. The predicted octanol–water partition coefficient (Wildman–Crippen LogP) is 2.57. The lowest BCUT2D eigenvalue weighted by Gasteiger charge is -2.27. The minimum absolute atomic E-state index is 1.09. The Labute approximate surface area is 187 Å². The van der Waals surface area contributed by atoms with Gasteiger partial charge in [0.25, 0.3) is 0 Å². The van der Waals surface area contributed by atoms with E-state index in [1.54, 1.807) is 0 Å². The molecule has 2 rings (SSSR count). The molecular formula is C24H52N6. The van der Waals surface area contributed by atoms with Gasteiger partial charge in [-0.25, -0.2) is 0 Å². The van der Waals surface area contributed by atoms with Crippen molar-refractivity contribution in [2.24, 2.45) is 0 Å². The van der Waals surface area contributed by atoms with Crippen LogP contribution in [0.2, 0.25) is 0 Å². The van der Waals surface area contributed by atoms with Crippen molar-refractivity contribution in [3.05, 3.63) is 0 Å². The summed E-state index contributed by atoms with van der Waals surface area (Å²) in [5, 5.41) is 14.1. The molecule has 2 aliphatic heterocycles. The average Bonchev–Trinajstić information content (AvgIpc) is 2.79. The van der Waals surface area contributed by atoms with Crippen LogP contribution in [0, 0.1) is 0 Å². The van der Waals surface area contributed by atoms with Gasteiger partial charge in [0.1, 0.15) is 0 Å². The predicted molar refractivity (Wildman–Crippen MR) is 130 cm³/mol. The van der Waals surface area contributed by atoms with Gasteiger partial charge >= 0.3 is 0 Å². The molecule has 2 fully saturated rings. The molecule has 0 aromatic rings. The molecule has 0 unspecified atom stereocenters. The highest BCUT2D eigenvalue weighted by Crippen LogP contribution is 2.08. The van der Waals surface area contributed by atoms with Gasteiger partial charge in [-0.3, -0.25) is 9.80 Å². The Bertz CT molecular complexity index is 322. The quantitative estimate of drug-likeness (QED) is 0.239. The second-order valence-corrected chi connectivity index (χ2v) is 9.29. The molecule has 0 aliphatic carbocycles. The standard InChI is InChI=1S/C24H52N6/c1(3-5-7-13-25-15-9-19-29-21-11-17-27-23-29)2-4-6-8-14-26-16-10-20-30-22-12-18-28-24-30/h25-28H,1-24H2. The van der Waals surface area contributed by atoms with E-state index in [-0.39, 0.29) is 0 Å². The molecule has 0 bridgehead atoms. The van der Waals surface area contributed by atoms with Gasteiger partial charge < -0.3 is 21.3 Å². The fourth-order valence-electron chi connectivity index (χ4n) is 4.54. The number of hydrogen-bond acceptors (Lipinski definition) is 6. The van der Waals surface area contributed by atoms with Gasteiger partial charge in [-0.05, 0) is 77.8 Å². The third-order valence-corrected chi connectivity index (χ3v) is 6.44. The van der Waals surface area contributed by atoms with Crippen molar-refractivity contribution in [2.75, 3.05) is 78.8 Å². The van der Waals surface area contributed by atoms with Crippen molar-refractivity contribution < 1.29 is 0 Å². The van der Waals surface area contributed by atoms with Crippen molar-refractivity contribution in [1.82, 2.24) is 31.1 Å². The molecule has 0 spiro atoms. The second-order valence-electron chi connectivity index (χ2n) is 9.29. The lowest BCUT2D eigenvalue weighted by molar-refractivity contribution is 0.213. The molecule has 4 N–H and O–H groups in total. The first-order valence-electron chi connectivity index (χ1n) is 13.2. The number of unbranched alkanes of at least 4 members (excludes halogenated alkanes) is 7. The lowest BCUT2D eigenvalue weighted by atomic mass is 10.1. The van der Waals surface area contributed by atoms with E-state index in [2.05, 4.69) is 31.1 Å². The van der Waals surface area contributed by atoms with Crippen LogP contribution in [-0.4, -0.2) is 88.6 Å². The zero-order chi connectivity index (χ0) is 21.0. The normalized spacial score (nSPS) is 18.8. The molecule has 2 aliphatic rings. The second kappa shape index (κ2) is 19.4. The molecule has 178 valence electrons. The summed E-state index contributed by atoms with van der Waals surface area (Å²) in [6.45, 7) is 14.4. The van der Waals surface area contributed by atoms with Gasteiger partial charge in [0.05, 0.1) is 0 Å². The van der Waals surface area contributed by atoms with Crippen LogP contribution >= 0.6 is 0 Å². The highest BCUT2D eigenvalue weighted by molar-refractivity contribution is 4.65. The van der Waals surface area contributed by atoms with Gasteiger partial charge in [-0.15, -0.1) is 0 Å². The Morgan fingerprint density at radius 3 is 1.30 bits per heavy atom. The summed E-state index contributed by atoms with van der Waals surface area (Å²) in [5.74, 6) is 0. The van der Waals surface area contributed by atoms with Crippen LogP contribution in [0.15, 0.2) is 0 Å².